The quantitative estimate of drug-likeness (QED) is 0.0759. The maximum Gasteiger partial charge on any atom is 0.331 e. The zero-order chi connectivity index (χ0) is 28.8. The number of aliphatic carboxylic acids is 1. The number of carboxylic acid groups (broad SMARTS) is 1. The number of aromatic hydroxyl groups is 3. The predicted octanol–water partition coefficient (Wildman–Crippen LogP) is 4.68. The van der Waals surface area contributed by atoms with E-state index in [-0.39, 0.29) is 54.4 Å². The fourth-order valence-electron chi connectivity index (χ4n) is 3.42. The van der Waals surface area contributed by atoms with E-state index < -0.39 is 17.7 Å². The molecule has 0 bridgehead atoms. The Balaban J connectivity index is 1.85. The van der Waals surface area contributed by atoms with Crippen LogP contribution < -0.4 is 0 Å². The highest BCUT2D eigenvalue weighted by Crippen LogP contribution is 2.24. The number of carboxylic acids is 1. The Hall–Kier alpha value is -4.63. The van der Waals surface area contributed by atoms with Crippen molar-refractivity contribution in [3.63, 3.8) is 0 Å². The van der Waals surface area contributed by atoms with E-state index in [4.69, 9.17) is 4.74 Å². The molecular formula is C30H32O9. The molecule has 0 atom stereocenters. The minimum absolute atomic E-state index is 0.0205. The number of hydrogen-bond acceptors (Lipinski definition) is 8. The van der Waals surface area contributed by atoms with Crippen LogP contribution in [0.25, 0.3) is 6.08 Å². The van der Waals surface area contributed by atoms with Gasteiger partial charge in [0.05, 0.1) is 12.2 Å². The van der Waals surface area contributed by atoms with E-state index in [9.17, 15) is 39.9 Å². The SMILES string of the molecule is C/C(=C\CC/C(=C/CC/C(=C/C(=O)c1cc(O)ccc1O)C(=O)O)CO)COC(=O)/C=C/c1ccc(O)cc1. The van der Waals surface area contributed by atoms with Crippen molar-refractivity contribution >= 4 is 23.8 Å². The van der Waals surface area contributed by atoms with E-state index in [1.165, 1.54) is 24.3 Å². The molecule has 9 heteroatoms. The Labute approximate surface area is 226 Å². The molecule has 0 amide bonds. The fourth-order valence-corrected chi connectivity index (χ4v) is 3.42. The van der Waals surface area contributed by atoms with E-state index >= 15 is 0 Å². The molecule has 0 saturated carbocycles. The molecule has 2 rings (SSSR count). The Kier molecular flexibility index (Phi) is 12.2. The molecule has 39 heavy (non-hydrogen) atoms. The van der Waals surface area contributed by atoms with Gasteiger partial charge in [-0.3, -0.25) is 4.79 Å². The van der Waals surface area contributed by atoms with E-state index in [0.717, 1.165) is 29.3 Å². The molecule has 0 radical (unpaired) electrons. The molecule has 2 aromatic rings. The minimum Gasteiger partial charge on any atom is -0.508 e. The van der Waals surface area contributed by atoms with Crippen molar-refractivity contribution in [2.45, 2.75) is 32.6 Å². The highest BCUT2D eigenvalue weighted by atomic mass is 16.5. The van der Waals surface area contributed by atoms with Gasteiger partial charge in [0.1, 0.15) is 23.9 Å². The van der Waals surface area contributed by atoms with Gasteiger partial charge in [0.2, 0.25) is 0 Å². The fraction of sp³-hybridized carbons (Fsp3) is 0.233. The molecule has 0 heterocycles. The summed E-state index contributed by atoms with van der Waals surface area (Å²) < 4.78 is 5.20. The molecule has 5 N–H and O–H groups in total. The van der Waals surface area contributed by atoms with Crippen molar-refractivity contribution in [2.24, 2.45) is 0 Å². The number of hydrogen-bond donors (Lipinski definition) is 5. The van der Waals surface area contributed by atoms with Crippen LogP contribution in [0.3, 0.4) is 0 Å². The average Bonchev–Trinajstić information content (AvgIpc) is 2.91. The molecule has 0 aliphatic heterocycles. The van der Waals surface area contributed by atoms with Crippen LogP contribution in [0.2, 0.25) is 0 Å². The van der Waals surface area contributed by atoms with Crippen LogP contribution in [-0.2, 0) is 14.3 Å². The van der Waals surface area contributed by atoms with Gasteiger partial charge in [-0.15, -0.1) is 0 Å². The van der Waals surface area contributed by atoms with Gasteiger partial charge < -0.3 is 30.3 Å². The van der Waals surface area contributed by atoms with Gasteiger partial charge in [-0.1, -0.05) is 24.3 Å². The number of aliphatic hydroxyl groups excluding tert-OH is 1. The first-order chi connectivity index (χ1) is 18.6. The number of ketones is 1. The second-order valence-corrected chi connectivity index (χ2v) is 8.72. The summed E-state index contributed by atoms with van der Waals surface area (Å²) >= 11 is 0. The molecule has 206 valence electrons. The topological polar surface area (TPSA) is 162 Å². The van der Waals surface area contributed by atoms with Crippen molar-refractivity contribution in [2.75, 3.05) is 13.2 Å². The zero-order valence-corrected chi connectivity index (χ0v) is 21.5. The van der Waals surface area contributed by atoms with Gasteiger partial charge in [-0.25, -0.2) is 9.59 Å². The summed E-state index contributed by atoms with van der Waals surface area (Å²) in [5.41, 5.74) is 1.88. The first-order valence-electron chi connectivity index (χ1n) is 12.2. The maximum atomic E-state index is 12.4. The van der Waals surface area contributed by atoms with Crippen LogP contribution in [0.4, 0.5) is 0 Å². The third-order valence-corrected chi connectivity index (χ3v) is 5.58. The molecule has 0 fully saturated rings. The molecular weight excluding hydrogens is 504 g/mol. The monoisotopic (exact) mass is 536 g/mol. The number of phenolic OH excluding ortho intramolecular Hbond substituents is 3. The second-order valence-electron chi connectivity index (χ2n) is 8.72. The predicted molar refractivity (Wildman–Crippen MR) is 145 cm³/mol. The normalized spacial score (nSPS) is 12.5. The molecule has 2 aromatic carbocycles. The zero-order valence-electron chi connectivity index (χ0n) is 21.5. The molecule has 0 aliphatic carbocycles. The summed E-state index contributed by atoms with van der Waals surface area (Å²) in [5, 5.41) is 47.7. The van der Waals surface area contributed by atoms with Crippen molar-refractivity contribution in [3.8, 4) is 17.2 Å². The largest absolute Gasteiger partial charge is 0.508 e. The van der Waals surface area contributed by atoms with E-state index in [1.807, 2.05) is 13.0 Å². The van der Waals surface area contributed by atoms with E-state index in [0.29, 0.717) is 18.4 Å². The maximum absolute atomic E-state index is 12.4. The van der Waals surface area contributed by atoms with Gasteiger partial charge in [0.25, 0.3) is 0 Å². The van der Waals surface area contributed by atoms with Crippen LogP contribution in [0.1, 0.15) is 48.5 Å². The van der Waals surface area contributed by atoms with Crippen molar-refractivity contribution in [1.82, 2.24) is 0 Å². The first-order valence-corrected chi connectivity index (χ1v) is 12.2. The lowest BCUT2D eigenvalue weighted by Crippen LogP contribution is -2.05. The van der Waals surface area contributed by atoms with Crippen LogP contribution in [-0.4, -0.2) is 56.5 Å². The number of benzene rings is 2. The number of aliphatic hydroxyl groups is 1. The number of rotatable bonds is 14. The average molecular weight is 537 g/mol. The Morgan fingerprint density at radius 3 is 2.23 bits per heavy atom. The highest BCUT2D eigenvalue weighted by Gasteiger charge is 2.14. The molecule has 0 saturated heterocycles. The molecule has 0 unspecified atom stereocenters. The van der Waals surface area contributed by atoms with Crippen molar-refractivity contribution < 1.29 is 44.7 Å². The summed E-state index contributed by atoms with van der Waals surface area (Å²) in [6.45, 7) is 1.70. The molecule has 9 nitrogen and oxygen atoms in total. The van der Waals surface area contributed by atoms with Crippen LogP contribution >= 0.6 is 0 Å². The molecule has 0 aliphatic rings. The van der Waals surface area contributed by atoms with E-state index in [2.05, 4.69) is 0 Å². The summed E-state index contributed by atoms with van der Waals surface area (Å²) in [6, 6.07) is 9.77. The number of phenols is 3. The number of carbonyl (C=O) groups is 3. The second kappa shape index (κ2) is 15.6. The van der Waals surface area contributed by atoms with Gasteiger partial charge >= 0.3 is 11.9 Å². The van der Waals surface area contributed by atoms with Gasteiger partial charge in [-0.05, 0) is 91.8 Å². The van der Waals surface area contributed by atoms with E-state index in [1.54, 1.807) is 24.3 Å². The standard InChI is InChI=1S/C30H32O9/c1-20(19-39-29(36)15-10-21-8-11-24(32)12-9-21)4-2-5-22(18-31)6-3-7-23(30(37)38)16-28(35)26-17-25(33)13-14-27(26)34/h4,6,8-17,31-34H,2-3,5,7,18-19H2,1H3,(H,37,38)/b15-10+,20-4+,22-6-,23-16-. The summed E-state index contributed by atoms with van der Waals surface area (Å²) in [4.78, 5) is 35.9. The Morgan fingerprint density at radius 2 is 1.56 bits per heavy atom. The van der Waals surface area contributed by atoms with Gasteiger partial charge in [0, 0.05) is 11.6 Å². The lowest BCUT2D eigenvalue weighted by molar-refractivity contribution is -0.136. The lowest BCUT2D eigenvalue weighted by atomic mass is 10.0. The van der Waals surface area contributed by atoms with Crippen LogP contribution in [0.15, 0.2) is 83.5 Å². The number of carbonyl (C=O) groups excluding carboxylic acids is 2. The van der Waals surface area contributed by atoms with Crippen LogP contribution in [0.5, 0.6) is 17.2 Å². The minimum atomic E-state index is -1.28. The summed E-state index contributed by atoms with van der Waals surface area (Å²) in [7, 11) is 0. The number of allylic oxidation sites excluding steroid dienone is 3. The van der Waals surface area contributed by atoms with Gasteiger partial charge in [-0.2, -0.15) is 0 Å². The first kappa shape index (κ1) is 30.6. The smallest absolute Gasteiger partial charge is 0.331 e. The number of ether oxygens (including phenoxy) is 1. The molecule has 0 spiro atoms. The van der Waals surface area contributed by atoms with Crippen molar-refractivity contribution in [3.05, 3.63) is 94.6 Å². The van der Waals surface area contributed by atoms with Crippen LogP contribution in [0, 0.1) is 0 Å². The Morgan fingerprint density at radius 1 is 0.897 bits per heavy atom. The summed E-state index contributed by atoms with van der Waals surface area (Å²) in [6.07, 6.45) is 8.74. The third kappa shape index (κ3) is 11.1. The van der Waals surface area contributed by atoms with Crippen molar-refractivity contribution in [1.29, 1.82) is 0 Å². The highest BCUT2D eigenvalue weighted by molar-refractivity contribution is 6.10. The van der Waals surface area contributed by atoms with Gasteiger partial charge in [0.15, 0.2) is 5.78 Å². The lowest BCUT2D eigenvalue weighted by Gasteiger charge is -2.06. The Bertz CT molecular complexity index is 1280. The third-order valence-electron chi connectivity index (χ3n) is 5.58. The number of esters is 1. The summed E-state index contributed by atoms with van der Waals surface area (Å²) in [5.74, 6) is -3.01. The molecule has 0 aromatic heterocycles.